The summed E-state index contributed by atoms with van der Waals surface area (Å²) in [5.41, 5.74) is 0. The first-order chi connectivity index (χ1) is 3.00. The summed E-state index contributed by atoms with van der Waals surface area (Å²) in [4.78, 5) is 0. The van der Waals surface area contributed by atoms with Gasteiger partial charge in [0, 0.05) is 10.4 Å². The Kier molecular flexibility index (Phi) is 31.0. The molecule has 0 atom stereocenters. The van der Waals surface area contributed by atoms with Crippen LogP contribution in [0.5, 0.6) is 0 Å². The molecule has 0 aromatic heterocycles. The van der Waals surface area contributed by atoms with Crippen molar-refractivity contribution in [3.63, 3.8) is 0 Å². The molecule has 0 aliphatic heterocycles. The van der Waals surface area contributed by atoms with Crippen molar-refractivity contribution in [2.75, 3.05) is 0 Å². The van der Waals surface area contributed by atoms with Crippen LogP contribution in [0.25, 0.3) is 0 Å². The standard InChI is InChI=1S/Bi.2Li.H2O4S.O.H/c;;;1-5(2,3)4;;/h;;;(H2,1,2,3,4);;/q;2*+1;;;/p-2. The first kappa shape index (κ1) is 22.4. The second kappa shape index (κ2) is 12.4. The summed E-state index contributed by atoms with van der Waals surface area (Å²) in [6.07, 6.45) is 0. The third kappa shape index (κ3) is 192. The SMILES string of the molecule is O=S(=O)([O-])[O-].[Li+].[Li+].[O]=[BiH]. The van der Waals surface area contributed by atoms with E-state index in [1.165, 1.54) is 0 Å². The topological polar surface area (TPSA) is 97.3 Å². The normalized spacial score (nSPS) is 6.89. The predicted octanol–water partition coefficient (Wildman–Crippen LogP) is -8.10. The van der Waals surface area contributed by atoms with Gasteiger partial charge in [-0.2, -0.15) is 0 Å². The van der Waals surface area contributed by atoms with Crippen molar-refractivity contribution >= 4 is 35.1 Å². The zero-order chi connectivity index (χ0) is 6.50. The zero-order valence-corrected chi connectivity index (χ0v) is 9.65. The Bertz CT molecular complexity index is 109. The molecule has 5 nitrogen and oxygen atoms in total. The van der Waals surface area contributed by atoms with Gasteiger partial charge in [-0.1, -0.05) is 0 Å². The summed E-state index contributed by atoms with van der Waals surface area (Å²) < 4.78 is 42.5. The third-order valence-electron chi connectivity index (χ3n) is 0. The summed E-state index contributed by atoms with van der Waals surface area (Å²) in [7, 11) is -5.17. The second-order valence-corrected chi connectivity index (χ2v) is 1.22. The number of rotatable bonds is 0. The van der Waals surface area contributed by atoms with E-state index in [1.807, 2.05) is 0 Å². The van der Waals surface area contributed by atoms with Gasteiger partial charge < -0.3 is 9.11 Å². The molecule has 9 heavy (non-hydrogen) atoms. The Hall–Kier alpha value is 1.75. The van der Waals surface area contributed by atoms with Crippen molar-refractivity contribution in [1.82, 2.24) is 0 Å². The summed E-state index contributed by atoms with van der Waals surface area (Å²) in [6, 6.07) is 0. The van der Waals surface area contributed by atoms with Crippen molar-refractivity contribution in [3.8, 4) is 0 Å². The van der Waals surface area contributed by atoms with Crippen LogP contribution in [0, 0.1) is 0 Å². The fraction of sp³-hybridized carbons (Fsp3) is 0. The number of hydrogen-bond donors (Lipinski definition) is 0. The Balaban J connectivity index is -0.0000000286. The van der Waals surface area contributed by atoms with Crippen LogP contribution in [0.1, 0.15) is 0 Å². The van der Waals surface area contributed by atoms with E-state index < -0.39 is 10.4 Å². The molecule has 0 unspecified atom stereocenters. The fourth-order valence-corrected chi connectivity index (χ4v) is 0. The van der Waals surface area contributed by atoms with Crippen LogP contribution < -0.4 is 37.7 Å². The van der Waals surface area contributed by atoms with Crippen molar-refractivity contribution in [3.05, 3.63) is 0 Å². The molecule has 0 aliphatic carbocycles. The number of hydrogen-bond acceptors (Lipinski definition) is 5. The minimum atomic E-state index is -5.17. The van der Waals surface area contributed by atoms with E-state index in [0.29, 0.717) is 0 Å². The van der Waals surface area contributed by atoms with Gasteiger partial charge >= 0.3 is 65.3 Å². The van der Waals surface area contributed by atoms with E-state index in [0.717, 1.165) is 0 Å². The average Bonchev–Trinajstić information content (AvgIpc) is 1.36. The Morgan fingerprint density at radius 3 is 1.00 bits per heavy atom. The van der Waals surface area contributed by atoms with E-state index in [-0.39, 0.29) is 62.4 Å². The van der Waals surface area contributed by atoms with Gasteiger partial charge in [0.2, 0.25) is 0 Å². The quantitative estimate of drug-likeness (QED) is 0.249. The van der Waals surface area contributed by atoms with Crippen LogP contribution in [0.3, 0.4) is 0 Å². The Morgan fingerprint density at radius 2 is 1.00 bits per heavy atom. The van der Waals surface area contributed by atoms with Gasteiger partial charge in [-0.15, -0.1) is 0 Å². The van der Waals surface area contributed by atoms with Crippen LogP contribution in [0.15, 0.2) is 0 Å². The summed E-state index contributed by atoms with van der Waals surface area (Å²) in [6.45, 7) is 0. The maximum atomic E-state index is 8.52. The van der Waals surface area contributed by atoms with Crippen molar-refractivity contribution in [1.29, 1.82) is 0 Å². The van der Waals surface area contributed by atoms with Crippen molar-refractivity contribution in [2.24, 2.45) is 0 Å². The first-order valence-electron chi connectivity index (χ1n) is 0.871. The molecule has 44 valence electrons. The van der Waals surface area contributed by atoms with Gasteiger partial charge in [0.1, 0.15) is 0 Å². The summed E-state index contributed by atoms with van der Waals surface area (Å²) in [5, 5.41) is 0. The van der Waals surface area contributed by atoms with E-state index in [9.17, 15) is 0 Å². The Labute approximate surface area is 92.2 Å². The van der Waals surface area contributed by atoms with Gasteiger partial charge in [0.15, 0.2) is 0 Å². The van der Waals surface area contributed by atoms with E-state index in [1.54, 1.807) is 0 Å². The summed E-state index contributed by atoms with van der Waals surface area (Å²) >= 11 is 0.0556. The molecular formula is HBiLi2O5S. The zero-order valence-electron chi connectivity index (χ0n) is 4.95. The van der Waals surface area contributed by atoms with E-state index in [4.69, 9.17) is 20.3 Å². The molecule has 0 saturated heterocycles. The molecule has 0 bridgehead atoms. The van der Waals surface area contributed by atoms with Gasteiger partial charge in [-0.25, -0.2) is 0 Å². The van der Waals surface area contributed by atoms with Crippen LogP contribution in [0.2, 0.25) is 0 Å². The Morgan fingerprint density at radius 1 is 1.00 bits per heavy atom. The van der Waals surface area contributed by atoms with Gasteiger partial charge in [-0.3, -0.25) is 8.42 Å². The van der Waals surface area contributed by atoms with Crippen LogP contribution in [-0.4, -0.2) is 42.2 Å². The van der Waals surface area contributed by atoms with Gasteiger partial charge in [0.05, 0.1) is 0 Å². The third-order valence-corrected chi connectivity index (χ3v) is 0. The second-order valence-electron chi connectivity index (χ2n) is 0.408. The van der Waals surface area contributed by atoms with E-state index >= 15 is 0 Å². The maximum absolute atomic E-state index is 8.52. The predicted molar refractivity (Wildman–Crippen MR) is 18.3 cm³/mol. The van der Waals surface area contributed by atoms with E-state index in [2.05, 4.69) is 0 Å². The average molecular weight is 336 g/mol. The molecule has 0 amide bonds. The van der Waals surface area contributed by atoms with Crippen LogP contribution in [0.4, 0.5) is 0 Å². The van der Waals surface area contributed by atoms with Crippen LogP contribution >= 0.6 is 0 Å². The molecule has 0 radical (unpaired) electrons. The minimum absolute atomic E-state index is 0. The molecule has 0 spiro atoms. The summed E-state index contributed by atoms with van der Waals surface area (Å²) in [5.74, 6) is 0. The molecule has 0 heterocycles. The first-order valence-corrected chi connectivity index (χ1v) is 3.79. The van der Waals surface area contributed by atoms with Crippen molar-refractivity contribution < 1.29 is 58.1 Å². The molecule has 0 rings (SSSR count). The molecule has 0 aliphatic rings. The molecule has 9 heteroatoms. The van der Waals surface area contributed by atoms with Crippen molar-refractivity contribution in [2.45, 2.75) is 0 Å². The van der Waals surface area contributed by atoms with Gasteiger partial charge in [-0.05, 0) is 0 Å². The van der Waals surface area contributed by atoms with Crippen LogP contribution in [-0.2, 0) is 13.2 Å². The fourth-order valence-electron chi connectivity index (χ4n) is 0. The molecule has 0 fully saturated rings. The monoisotopic (exact) mass is 336 g/mol. The molecule has 0 aromatic carbocycles. The van der Waals surface area contributed by atoms with Gasteiger partial charge in [0.25, 0.3) is 0 Å². The molecular weight excluding hydrogens is 335 g/mol. The molecule has 0 N–H and O–H groups in total. The molecule has 0 aromatic rings. The molecule has 0 saturated carbocycles.